The average Bonchev–Trinajstić information content (AvgIpc) is 1.67. The fourth-order valence-corrected chi connectivity index (χ4v) is 0.0533. The Morgan fingerprint density at radius 3 is 2.12 bits per heavy atom. The number of hydrogen-bond acceptors (Lipinski definition) is 3. The maximum absolute atomic E-state index is 11.5. The number of halogens is 2. The fraction of sp³-hybridized carbons (Fsp3) is 0.667. The van der Waals surface area contributed by atoms with Gasteiger partial charge in [0.1, 0.15) is 6.07 Å². The molecule has 0 aromatic carbocycles. The van der Waals surface area contributed by atoms with Crippen LogP contribution in [0.1, 0.15) is 0 Å². The van der Waals surface area contributed by atoms with Gasteiger partial charge in [0.25, 0.3) is 6.36 Å². The maximum atomic E-state index is 11.5. The summed E-state index contributed by atoms with van der Waals surface area (Å²) in [6.07, 6.45) is -3.16. The van der Waals surface area contributed by atoms with Crippen molar-refractivity contribution >= 4 is 0 Å². The molecule has 0 aliphatic heterocycles. The average molecular weight is 123 g/mol. The number of nitriles is 1. The van der Waals surface area contributed by atoms with Crippen molar-refractivity contribution in [2.45, 2.75) is 12.2 Å². The summed E-state index contributed by atoms with van der Waals surface area (Å²) in [5.74, 6) is -3.76. The third-order valence-corrected chi connectivity index (χ3v) is 0.472. The molecule has 2 atom stereocenters. The summed E-state index contributed by atoms with van der Waals surface area (Å²) >= 11 is 0. The fourth-order valence-electron chi connectivity index (χ4n) is 0.0533. The summed E-state index contributed by atoms with van der Waals surface area (Å²) in [5, 5.41) is 22.8. The van der Waals surface area contributed by atoms with Crippen LogP contribution in [-0.2, 0) is 0 Å². The van der Waals surface area contributed by atoms with E-state index in [0.717, 1.165) is 0 Å². The summed E-state index contributed by atoms with van der Waals surface area (Å²) in [7, 11) is 0. The van der Waals surface area contributed by atoms with E-state index in [9.17, 15) is 8.78 Å². The first-order chi connectivity index (χ1) is 3.50. The minimum Gasteiger partial charge on any atom is -0.359 e. The molecule has 0 aromatic rings. The highest BCUT2D eigenvalue weighted by Gasteiger charge is 2.35. The summed E-state index contributed by atoms with van der Waals surface area (Å²) in [6, 6.07) is 0.505. The summed E-state index contributed by atoms with van der Waals surface area (Å²) < 4.78 is 22.7. The summed E-state index contributed by atoms with van der Waals surface area (Å²) in [5.41, 5.74) is 0. The molecule has 0 bridgehead atoms. The van der Waals surface area contributed by atoms with Crippen molar-refractivity contribution < 1.29 is 19.0 Å². The molecule has 0 saturated heterocycles. The third-order valence-electron chi connectivity index (χ3n) is 0.472. The lowest BCUT2D eigenvalue weighted by Gasteiger charge is -2.07. The van der Waals surface area contributed by atoms with E-state index >= 15 is 0 Å². The van der Waals surface area contributed by atoms with Crippen LogP contribution in [0.5, 0.6) is 0 Å². The molecule has 0 spiro atoms. The van der Waals surface area contributed by atoms with Crippen molar-refractivity contribution in [3.8, 4) is 6.07 Å². The molecule has 5 heteroatoms. The van der Waals surface area contributed by atoms with Gasteiger partial charge in [-0.05, 0) is 0 Å². The maximum Gasteiger partial charge on any atom is 0.350 e. The highest BCUT2D eigenvalue weighted by Crippen LogP contribution is 2.10. The van der Waals surface area contributed by atoms with Crippen LogP contribution in [-0.4, -0.2) is 22.4 Å². The van der Waals surface area contributed by atoms with Crippen LogP contribution in [0.15, 0.2) is 0 Å². The van der Waals surface area contributed by atoms with E-state index in [1.807, 2.05) is 0 Å². The van der Waals surface area contributed by atoms with E-state index in [0.29, 0.717) is 6.07 Å². The van der Waals surface area contributed by atoms with Gasteiger partial charge in [0, 0.05) is 0 Å². The largest absolute Gasteiger partial charge is 0.359 e. The van der Waals surface area contributed by atoms with E-state index in [-0.39, 0.29) is 0 Å². The molecule has 0 aliphatic carbocycles. The van der Waals surface area contributed by atoms with Crippen LogP contribution in [0.2, 0.25) is 0 Å². The van der Waals surface area contributed by atoms with Gasteiger partial charge in [-0.2, -0.15) is 9.65 Å². The molecule has 0 radical (unpaired) electrons. The van der Waals surface area contributed by atoms with E-state index < -0.39 is 12.2 Å². The minimum atomic E-state index is -3.76. The first kappa shape index (κ1) is 7.27. The highest BCUT2D eigenvalue weighted by molar-refractivity contribution is 4.92. The molecule has 8 heavy (non-hydrogen) atoms. The van der Waals surface area contributed by atoms with Crippen molar-refractivity contribution in [1.82, 2.24) is 0 Å². The lowest BCUT2D eigenvalue weighted by molar-refractivity contribution is -0.178. The van der Waals surface area contributed by atoms with Crippen LogP contribution < -0.4 is 0 Å². The van der Waals surface area contributed by atoms with Gasteiger partial charge in [0.05, 0.1) is 0 Å². The van der Waals surface area contributed by atoms with Crippen molar-refractivity contribution in [2.75, 3.05) is 0 Å². The number of nitrogens with zero attached hydrogens (tertiary/aromatic N) is 1. The van der Waals surface area contributed by atoms with Crippen LogP contribution in [0.25, 0.3) is 0 Å². The molecule has 0 aliphatic rings. The second kappa shape index (κ2) is 2.03. The lowest BCUT2D eigenvalue weighted by Crippen LogP contribution is -2.32. The highest BCUT2D eigenvalue weighted by atomic mass is 19.2. The lowest BCUT2D eigenvalue weighted by atomic mass is 10.4. The number of aliphatic hydroxyl groups excluding tert-OH is 1. The topological polar surface area (TPSA) is 64.2 Å². The predicted octanol–water partition coefficient (Wildman–Crippen LogP) is -0.544. The van der Waals surface area contributed by atoms with Crippen LogP contribution in [0, 0.1) is 11.3 Å². The molecule has 0 amide bonds. The molecule has 0 fully saturated rings. The Hall–Kier alpha value is -0.730. The number of alkyl halides is 2. The molecule has 0 rings (SSSR count). The first-order valence-corrected chi connectivity index (χ1v) is 1.65. The van der Waals surface area contributed by atoms with E-state index in [1.54, 1.807) is 0 Å². The van der Waals surface area contributed by atoms with Crippen molar-refractivity contribution in [2.24, 2.45) is 0 Å². The second-order valence-corrected chi connectivity index (χ2v) is 1.12. The standard InChI is InChI=1S/C3H3F2NO2/c4-2(7)3(5,8)1-6/h2,7-8H. The zero-order chi connectivity index (χ0) is 6.78. The molecule has 46 valence electrons. The Morgan fingerprint density at radius 2 is 2.12 bits per heavy atom. The molecule has 0 saturated carbocycles. The van der Waals surface area contributed by atoms with Gasteiger partial charge in [-0.3, -0.25) is 0 Å². The van der Waals surface area contributed by atoms with Crippen LogP contribution in [0.3, 0.4) is 0 Å². The smallest absolute Gasteiger partial charge is 0.350 e. The van der Waals surface area contributed by atoms with Crippen molar-refractivity contribution in [1.29, 1.82) is 5.26 Å². The quantitative estimate of drug-likeness (QED) is 0.460. The monoisotopic (exact) mass is 123 g/mol. The normalized spacial score (nSPS) is 20.9. The molecule has 0 aromatic heterocycles. The van der Waals surface area contributed by atoms with Gasteiger partial charge in [0.15, 0.2) is 0 Å². The Morgan fingerprint density at radius 1 is 1.75 bits per heavy atom. The molecule has 3 nitrogen and oxygen atoms in total. The molecular formula is C3H3F2NO2. The van der Waals surface area contributed by atoms with Gasteiger partial charge in [-0.1, -0.05) is 0 Å². The Balaban J connectivity index is 3.97. The summed E-state index contributed by atoms with van der Waals surface area (Å²) in [4.78, 5) is 0. The van der Waals surface area contributed by atoms with Gasteiger partial charge < -0.3 is 10.2 Å². The zero-order valence-electron chi connectivity index (χ0n) is 3.67. The van der Waals surface area contributed by atoms with E-state index in [2.05, 4.69) is 0 Å². The van der Waals surface area contributed by atoms with Crippen LogP contribution in [0.4, 0.5) is 8.78 Å². The molecule has 0 heterocycles. The molecule has 2 unspecified atom stereocenters. The Bertz CT molecular complexity index is 117. The molecular weight excluding hydrogens is 120 g/mol. The zero-order valence-corrected chi connectivity index (χ0v) is 3.67. The first-order valence-electron chi connectivity index (χ1n) is 1.65. The van der Waals surface area contributed by atoms with Gasteiger partial charge in [-0.15, -0.1) is 0 Å². The van der Waals surface area contributed by atoms with E-state index in [1.165, 1.54) is 0 Å². The number of rotatable bonds is 1. The Labute approximate surface area is 43.8 Å². The predicted molar refractivity (Wildman–Crippen MR) is 18.8 cm³/mol. The van der Waals surface area contributed by atoms with Crippen LogP contribution >= 0.6 is 0 Å². The third kappa shape index (κ3) is 1.40. The SMILES string of the molecule is N#CC(O)(F)C(O)F. The van der Waals surface area contributed by atoms with Crippen molar-refractivity contribution in [3.05, 3.63) is 0 Å². The van der Waals surface area contributed by atoms with Gasteiger partial charge in [0.2, 0.25) is 0 Å². The second-order valence-electron chi connectivity index (χ2n) is 1.12. The van der Waals surface area contributed by atoms with Gasteiger partial charge in [-0.25, -0.2) is 4.39 Å². The van der Waals surface area contributed by atoms with E-state index in [4.69, 9.17) is 15.5 Å². The van der Waals surface area contributed by atoms with Crippen molar-refractivity contribution in [3.63, 3.8) is 0 Å². The van der Waals surface area contributed by atoms with Gasteiger partial charge >= 0.3 is 5.85 Å². The number of hydrogen-bond donors (Lipinski definition) is 2. The number of aliphatic hydroxyl groups is 2. The minimum absolute atomic E-state index is 0.505. The molecule has 2 N–H and O–H groups in total. The summed E-state index contributed by atoms with van der Waals surface area (Å²) in [6.45, 7) is 0. The Kier molecular flexibility index (Phi) is 1.84.